The summed E-state index contributed by atoms with van der Waals surface area (Å²) in [5, 5.41) is 10.2. The molecule has 0 aliphatic carbocycles. The van der Waals surface area contributed by atoms with Crippen molar-refractivity contribution in [2.24, 2.45) is 0 Å². The Bertz CT molecular complexity index is 3320. The van der Waals surface area contributed by atoms with Crippen molar-refractivity contribution < 1.29 is 0 Å². The molecule has 0 saturated heterocycles. The summed E-state index contributed by atoms with van der Waals surface area (Å²) >= 11 is 1.90. The maximum atomic E-state index is 2.50. The van der Waals surface area contributed by atoms with Crippen LogP contribution in [-0.2, 0) is 0 Å². The number of fused-ring (bicyclic) bond motifs is 12. The summed E-state index contributed by atoms with van der Waals surface area (Å²) in [6.07, 6.45) is 0. The second kappa shape index (κ2) is 10.5. The molecule has 12 aromatic rings. The van der Waals surface area contributed by atoms with Gasteiger partial charge in [0.2, 0.25) is 0 Å². The van der Waals surface area contributed by atoms with Crippen LogP contribution in [0.5, 0.6) is 0 Å². The largest absolute Gasteiger partial charge is 0.309 e. The molecule has 0 aliphatic rings. The van der Waals surface area contributed by atoms with E-state index in [-0.39, 0.29) is 0 Å². The number of hydrogen-bond acceptors (Lipinski definition) is 1. The van der Waals surface area contributed by atoms with E-state index in [1.165, 1.54) is 97.0 Å². The molecule has 12 rings (SSSR count). The third-order valence-corrected chi connectivity index (χ3v) is 12.3. The van der Waals surface area contributed by atoms with Crippen molar-refractivity contribution in [3.63, 3.8) is 0 Å². The average Bonchev–Trinajstić information content (AvgIpc) is 3.94. The Labute approximate surface area is 302 Å². The summed E-state index contributed by atoms with van der Waals surface area (Å²) in [6, 6.07) is 64.6. The highest BCUT2D eigenvalue weighted by molar-refractivity contribution is 7.26. The van der Waals surface area contributed by atoms with E-state index in [4.69, 9.17) is 0 Å². The topological polar surface area (TPSA) is 14.8 Å². The molecular formula is C48H29N3S. The smallest absolute Gasteiger partial charge is 0.0640 e. The summed E-state index contributed by atoms with van der Waals surface area (Å²) in [7, 11) is 0. The molecule has 0 N–H and O–H groups in total. The Morgan fingerprint density at radius 1 is 0.269 bits per heavy atom. The molecule has 4 aromatic heterocycles. The van der Waals surface area contributed by atoms with Crippen molar-refractivity contribution in [1.29, 1.82) is 0 Å². The number of aromatic nitrogens is 3. The van der Waals surface area contributed by atoms with Crippen molar-refractivity contribution in [2.75, 3.05) is 0 Å². The number of para-hydroxylation sites is 5. The molecule has 0 bridgehead atoms. The Hall–Kier alpha value is -6.62. The Balaban J connectivity index is 1.16. The van der Waals surface area contributed by atoms with Gasteiger partial charge in [0.1, 0.15) is 0 Å². The molecule has 52 heavy (non-hydrogen) atoms. The second-order valence-corrected chi connectivity index (χ2v) is 14.7. The van der Waals surface area contributed by atoms with Gasteiger partial charge in [0.15, 0.2) is 0 Å². The number of nitrogens with zero attached hydrogens (tertiary/aromatic N) is 3. The standard InChI is InChI=1S/C48H29N3S/c1-6-20-39-31(13-1)32-14-2-7-21-40(32)49(39)30-27-28-36-35-17-5-10-24-43(35)51(46(36)29-30)45-26-12-19-38-37-18-11-25-44(47(37)52-48(38)45)50-41-22-8-3-15-33(41)34-16-4-9-23-42(34)50/h1-29H. The average molecular weight is 680 g/mol. The fourth-order valence-electron chi connectivity index (χ4n) is 8.88. The SMILES string of the molecule is c1cc(-n2c3ccccc3c3ccccc32)c2sc3c(-n4c5ccccc5c5ccc(-n6c7ccccc7c7ccccc76)cc54)cccc3c2c1. The van der Waals surface area contributed by atoms with Gasteiger partial charge in [-0.2, -0.15) is 0 Å². The van der Waals surface area contributed by atoms with Crippen LogP contribution in [0.25, 0.3) is 103 Å². The van der Waals surface area contributed by atoms with Crippen LogP contribution in [0.1, 0.15) is 0 Å². The van der Waals surface area contributed by atoms with E-state index < -0.39 is 0 Å². The molecule has 0 saturated carbocycles. The quantitative estimate of drug-likeness (QED) is 0.177. The first-order valence-corrected chi connectivity index (χ1v) is 18.6. The molecular weight excluding hydrogens is 651 g/mol. The molecule has 8 aromatic carbocycles. The lowest BCUT2D eigenvalue weighted by Crippen LogP contribution is -1.97. The molecule has 4 heteroatoms. The summed E-state index contributed by atoms with van der Waals surface area (Å²) in [5.41, 5.74) is 10.9. The van der Waals surface area contributed by atoms with Gasteiger partial charge in [-0.1, -0.05) is 121 Å². The first kappa shape index (κ1) is 28.1. The lowest BCUT2D eigenvalue weighted by molar-refractivity contribution is 1.16. The summed E-state index contributed by atoms with van der Waals surface area (Å²) in [6.45, 7) is 0. The Kier molecular flexibility index (Phi) is 5.65. The van der Waals surface area contributed by atoms with Gasteiger partial charge in [0.25, 0.3) is 0 Å². The lowest BCUT2D eigenvalue weighted by atomic mass is 10.1. The van der Waals surface area contributed by atoms with Crippen molar-refractivity contribution in [3.05, 3.63) is 176 Å². The van der Waals surface area contributed by atoms with Gasteiger partial charge in [0.05, 0.1) is 53.9 Å². The summed E-state index contributed by atoms with van der Waals surface area (Å²) in [4.78, 5) is 0. The zero-order valence-electron chi connectivity index (χ0n) is 28.0. The molecule has 3 nitrogen and oxygen atoms in total. The predicted molar refractivity (Wildman–Crippen MR) is 222 cm³/mol. The number of hydrogen-bond donors (Lipinski definition) is 0. The fourth-order valence-corrected chi connectivity index (χ4v) is 10.2. The summed E-state index contributed by atoms with van der Waals surface area (Å²) in [5.74, 6) is 0. The minimum atomic E-state index is 1.16. The van der Waals surface area contributed by atoms with Gasteiger partial charge in [-0.3, -0.25) is 0 Å². The van der Waals surface area contributed by atoms with E-state index in [0.717, 1.165) is 5.69 Å². The van der Waals surface area contributed by atoms with Crippen LogP contribution < -0.4 is 0 Å². The maximum Gasteiger partial charge on any atom is 0.0640 e. The maximum absolute atomic E-state index is 2.50. The number of thiophene rings is 1. The summed E-state index contributed by atoms with van der Waals surface area (Å²) < 4.78 is 9.96. The molecule has 4 heterocycles. The predicted octanol–water partition coefficient (Wildman–Crippen LogP) is 13.3. The lowest BCUT2D eigenvalue weighted by Gasteiger charge is -2.12. The Morgan fingerprint density at radius 3 is 1.06 bits per heavy atom. The van der Waals surface area contributed by atoms with Gasteiger partial charge in [-0.15, -0.1) is 11.3 Å². The van der Waals surface area contributed by atoms with Crippen LogP contribution in [0.2, 0.25) is 0 Å². The van der Waals surface area contributed by atoms with E-state index >= 15 is 0 Å². The van der Waals surface area contributed by atoms with Crippen molar-refractivity contribution in [3.8, 4) is 17.1 Å². The molecule has 0 aliphatic heterocycles. The minimum absolute atomic E-state index is 1.16. The third-order valence-electron chi connectivity index (χ3n) is 11.0. The third kappa shape index (κ3) is 3.69. The van der Waals surface area contributed by atoms with Gasteiger partial charge < -0.3 is 13.7 Å². The van der Waals surface area contributed by atoms with Crippen LogP contribution in [0.15, 0.2) is 176 Å². The first-order valence-electron chi connectivity index (χ1n) is 17.8. The van der Waals surface area contributed by atoms with Crippen LogP contribution in [-0.4, -0.2) is 13.7 Å². The normalized spacial score (nSPS) is 12.2. The van der Waals surface area contributed by atoms with Crippen molar-refractivity contribution in [1.82, 2.24) is 13.7 Å². The van der Waals surface area contributed by atoms with E-state index in [2.05, 4.69) is 190 Å². The van der Waals surface area contributed by atoms with Gasteiger partial charge in [0, 0.05) is 48.8 Å². The molecule has 0 radical (unpaired) electrons. The highest BCUT2D eigenvalue weighted by Gasteiger charge is 2.21. The molecule has 0 unspecified atom stereocenters. The van der Waals surface area contributed by atoms with Gasteiger partial charge >= 0.3 is 0 Å². The van der Waals surface area contributed by atoms with E-state index in [1.54, 1.807) is 0 Å². The van der Waals surface area contributed by atoms with Gasteiger partial charge in [-0.25, -0.2) is 0 Å². The zero-order chi connectivity index (χ0) is 33.9. The van der Waals surface area contributed by atoms with E-state index in [9.17, 15) is 0 Å². The van der Waals surface area contributed by atoms with E-state index in [1.807, 2.05) is 11.3 Å². The number of benzene rings is 8. The molecule has 0 atom stereocenters. The zero-order valence-corrected chi connectivity index (χ0v) is 28.8. The first-order chi connectivity index (χ1) is 25.8. The Morgan fingerprint density at radius 2 is 0.615 bits per heavy atom. The van der Waals surface area contributed by atoms with Crippen LogP contribution >= 0.6 is 11.3 Å². The second-order valence-electron chi connectivity index (χ2n) is 13.7. The van der Waals surface area contributed by atoms with Crippen LogP contribution in [0.3, 0.4) is 0 Å². The molecule has 242 valence electrons. The van der Waals surface area contributed by atoms with Crippen LogP contribution in [0, 0.1) is 0 Å². The van der Waals surface area contributed by atoms with Crippen LogP contribution in [0.4, 0.5) is 0 Å². The fraction of sp³-hybridized carbons (Fsp3) is 0. The highest BCUT2D eigenvalue weighted by Crippen LogP contribution is 2.45. The van der Waals surface area contributed by atoms with Gasteiger partial charge in [-0.05, 0) is 54.6 Å². The van der Waals surface area contributed by atoms with Crippen molar-refractivity contribution >= 4 is 96.9 Å². The molecule has 0 fully saturated rings. The van der Waals surface area contributed by atoms with Crippen molar-refractivity contribution in [2.45, 2.75) is 0 Å². The monoisotopic (exact) mass is 679 g/mol. The van der Waals surface area contributed by atoms with E-state index in [0.29, 0.717) is 0 Å². The number of rotatable bonds is 3. The highest BCUT2D eigenvalue weighted by atomic mass is 32.1. The molecule has 0 amide bonds. The molecule has 0 spiro atoms. The minimum Gasteiger partial charge on any atom is -0.309 e.